The Balaban J connectivity index is 1.38. The first kappa shape index (κ1) is 21.6. The lowest BCUT2D eigenvalue weighted by molar-refractivity contribution is -0.116. The Morgan fingerprint density at radius 1 is 0.968 bits per heavy atom. The number of hydrogen-bond donors (Lipinski definition) is 0. The lowest BCUT2D eigenvalue weighted by atomic mass is 10.0. The fourth-order valence-corrected chi connectivity index (χ4v) is 5.18. The van der Waals surface area contributed by atoms with Gasteiger partial charge in [0.1, 0.15) is 5.03 Å². The molecule has 1 amide bonds. The molecule has 0 radical (unpaired) electrons. The topological polar surface area (TPSA) is 63.2 Å². The number of nitrogens with zero attached hydrogens (tertiary/aromatic N) is 3. The maximum atomic E-state index is 12.9. The standard InChI is InChI=1S/C24H23N3O2S2/c1-17-14-22(26-24(25-17)31-15-21(28)19-9-3-2-4-10-19)30-16-23(29)27-13-7-11-18-8-5-6-12-20(18)27/h2-6,8-10,12,14H,7,11,13,15-16H2,1H3. The molecular formula is C24H23N3O2S2. The Hall–Kier alpha value is -2.64. The van der Waals surface area contributed by atoms with E-state index in [4.69, 9.17) is 0 Å². The van der Waals surface area contributed by atoms with Crippen molar-refractivity contribution < 1.29 is 9.59 Å². The molecule has 0 aliphatic carbocycles. The van der Waals surface area contributed by atoms with E-state index >= 15 is 0 Å². The van der Waals surface area contributed by atoms with Crippen LogP contribution in [0, 0.1) is 6.92 Å². The van der Waals surface area contributed by atoms with E-state index < -0.39 is 0 Å². The highest BCUT2D eigenvalue weighted by molar-refractivity contribution is 8.00. The van der Waals surface area contributed by atoms with E-state index in [2.05, 4.69) is 16.0 Å². The second-order valence-electron chi connectivity index (χ2n) is 7.27. The van der Waals surface area contributed by atoms with Crippen LogP contribution in [-0.2, 0) is 11.2 Å². The molecule has 2 aromatic carbocycles. The van der Waals surface area contributed by atoms with Crippen molar-refractivity contribution in [3.8, 4) is 0 Å². The maximum absolute atomic E-state index is 12.9. The average Bonchev–Trinajstić information content (AvgIpc) is 2.81. The van der Waals surface area contributed by atoms with E-state index in [1.165, 1.54) is 29.1 Å². The summed E-state index contributed by atoms with van der Waals surface area (Å²) in [5.41, 5.74) is 3.76. The summed E-state index contributed by atoms with van der Waals surface area (Å²) < 4.78 is 0. The molecule has 158 valence electrons. The third kappa shape index (κ3) is 5.54. The van der Waals surface area contributed by atoms with Crippen LogP contribution in [0.1, 0.15) is 28.0 Å². The van der Waals surface area contributed by atoms with Gasteiger partial charge in [-0.15, -0.1) is 0 Å². The van der Waals surface area contributed by atoms with Gasteiger partial charge in [0.2, 0.25) is 5.91 Å². The van der Waals surface area contributed by atoms with Crippen LogP contribution in [0.25, 0.3) is 0 Å². The summed E-state index contributed by atoms with van der Waals surface area (Å²) in [6, 6.07) is 19.2. The van der Waals surface area contributed by atoms with Crippen LogP contribution in [0.2, 0.25) is 0 Å². The summed E-state index contributed by atoms with van der Waals surface area (Å²) in [6.07, 6.45) is 2.00. The van der Waals surface area contributed by atoms with Gasteiger partial charge in [0.05, 0.1) is 11.5 Å². The average molecular weight is 450 g/mol. The number of fused-ring (bicyclic) bond motifs is 1. The molecule has 1 aliphatic rings. The summed E-state index contributed by atoms with van der Waals surface area (Å²) in [4.78, 5) is 36.1. The van der Waals surface area contributed by atoms with Gasteiger partial charge in [-0.2, -0.15) is 0 Å². The van der Waals surface area contributed by atoms with E-state index in [9.17, 15) is 9.59 Å². The first-order valence-electron chi connectivity index (χ1n) is 10.2. The monoisotopic (exact) mass is 449 g/mol. The normalized spacial score (nSPS) is 13.0. The smallest absolute Gasteiger partial charge is 0.237 e. The number of rotatable bonds is 7. The third-order valence-electron chi connectivity index (χ3n) is 4.99. The van der Waals surface area contributed by atoms with Gasteiger partial charge in [-0.05, 0) is 37.5 Å². The van der Waals surface area contributed by atoms with Crippen molar-refractivity contribution in [3.63, 3.8) is 0 Å². The molecule has 0 atom stereocenters. The molecule has 1 aromatic heterocycles. The van der Waals surface area contributed by atoms with Gasteiger partial charge in [-0.1, -0.05) is 72.1 Å². The van der Waals surface area contributed by atoms with Crippen LogP contribution in [0.4, 0.5) is 5.69 Å². The number of ketones is 1. The molecule has 31 heavy (non-hydrogen) atoms. The molecule has 7 heteroatoms. The Morgan fingerprint density at radius 3 is 2.58 bits per heavy atom. The van der Waals surface area contributed by atoms with Crippen molar-refractivity contribution in [1.29, 1.82) is 0 Å². The first-order valence-corrected chi connectivity index (χ1v) is 12.1. The minimum atomic E-state index is 0.0452. The lowest BCUT2D eigenvalue weighted by Crippen LogP contribution is -2.36. The van der Waals surface area contributed by atoms with Crippen LogP contribution in [-0.4, -0.2) is 39.7 Å². The number of amides is 1. The number of thioether (sulfide) groups is 2. The molecule has 3 aromatic rings. The van der Waals surface area contributed by atoms with Crippen LogP contribution < -0.4 is 4.90 Å². The molecule has 0 fully saturated rings. The van der Waals surface area contributed by atoms with Gasteiger partial charge < -0.3 is 4.90 Å². The van der Waals surface area contributed by atoms with Gasteiger partial charge in [0, 0.05) is 23.5 Å². The molecule has 0 unspecified atom stereocenters. The molecule has 2 heterocycles. The molecule has 0 bridgehead atoms. The molecule has 0 saturated heterocycles. The number of aryl methyl sites for hydroxylation is 2. The quantitative estimate of drug-likeness (QED) is 0.223. The number of para-hydroxylation sites is 1. The third-order valence-corrected chi connectivity index (χ3v) is 6.74. The fraction of sp³-hybridized carbons (Fsp3) is 0.250. The summed E-state index contributed by atoms with van der Waals surface area (Å²) >= 11 is 2.74. The zero-order valence-electron chi connectivity index (χ0n) is 17.3. The van der Waals surface area contributed by atoms with Crippen molar-refractivity contribution in [2.75, 3.05) is 23.0 Å². The second-order valence-corrected chi connectivity index (χ2v) is 9.21. The van der Waals surface area contributed by atoms with Crippen molar-refractivity contribution >= 4 is 40.9 Å². The zero-order chi connectivity index (χ0) is 21.6. The van der Waals surface area contributed by atoms with Crippen molar-refractivity contribution in [2.45, 2.75) is 29.9 Å². The predicted molar refractivity (Wildman–Crippen MR) is 126 cm³/mol. The first-order chi connectivity index (χ1) is 15.1. The Labute approximate surface area is 190 Å². The number of benzene rings is 2. The number of carbonyl (C=O) groups is 2. The van der Waals surface area contributed by atoms with Gasteiger partial charge in [-0.25, -0.2) is 9.97 Å². The number of aromatic nitrogens is 2. The largest absolute Gasteiger partial charge is 0.311 e. The van der Waals surface area contributed by atoms with Gasteiger partial charge in [0.25, 0.3) is 0 Å². The molecular weight excluding hydrogens is 426 g/mol. The van der Waals surface area contributed by atoms with Crippen LogP contribution in [0.3, 0.4) is 0 Å². The Morgan fingerprint density at radius 2 is 1.74 bits per heavy atom. The van der Waals surface area contributed by atoms with Crippen LogP contribution in [0.5, 0.6) is 0 Å². The van der Waals surface area contributed by atoms with Gasteiger partial charge in [-0.3, -0.25) is 9.59 Å². The summed E-state index contributed by atoms with van der Waals surface area (Å²) in [7, 11) is 0. The second kappa shape index (κ2) is 10.1. The highest BCUT2D eigenvalue weighted by Crippen LogP contribution is 2.28. The molecule has 0 saturated carbocycles. The Kier molecular flexibility index (Phi) is 7.04. The lowest BCUT2D eigenvalue weighted by Gasteiger charge is -2.29. The molecule has 0 spiro atoms. The van der Waals surface area contributed by atoms with Gasteiger partial charge in [0.15, 0.2) is 10.9 Å². The maximum Gasteiger partial charge on any atom is 0.237 e. The van der Waals surface area contributed by atoms with Crippen molar-refractivity contribution in [1.82, 2.24) is 9.97 Å². The number of hydrogen-bond acceptors (Lipinski definition) is 6. The minimum Gasteiger partial charge on any atom is -0.311 e. The zero-order valence-corrected chi connectivity index (χ0v) is 18.9. The predicted octanol–water partition coefficient (Wildman–Crippen LogP) is 4.83. The molecule has 0 N–H and O–H groups in total. The number of anilines is 1. The van der Waals surface area contributed by atoms with E-state index in [-0.39, 0.29) is 17.4 Å². The van der Waals surface area contributed by atoms with Crippen LogP contribution in [0.15, 0.2) is 70.8 Å². The Bertz CT molecular complexity index is 1090. The van der Waals surface area contributed by atoms with E-state index in [0.29, 0.717) is 16.5 Å². The summed E-state index contributed by atoms with van der Waals surface area (Å²) in [5, 5.41) is 1.31. The SMILES string of the molecule is Cc1cc(SCC(=O)N2CCCc3ccccc32)nc(SCC(=O)c2ccccc2)n1. The van der Waals surface area contributed by atoms with E-state index in [0.717, 1.165) is 35.8 Å². The fourth-order valence-electron chi connectivity index (χ4n) is 3.50. The van der Waals surface area contributed by atoms with E-state index in [1.807, 2.05) is 66.4 Å². The van der Waals surface area contributed by atoms with Crippen molar-refractivity contribution in [2.24, 2.45) is 0 Å². The number of carbonyl (C=O) groups excluding carboxylic acids is 2. The molecule has 1 aliphatic heterocycles. The highest BCUT2D eigenvalue weighted by Gasteiger charge is 2.22. The van der Waals surface area contributed by atoms with E-state index in [1.54, 1.807) is 0 Å². The molecule has 5 nitrogen and oxygen atoms in total. The van der Waals surface area contributed by atoms with Gasteiger partial charge >= 0.3 is 0 Å². The molecule has 4 rings (SSSR count). The van der Waals surface area contributed by atoms with Crippen LogP contribution >= 0.6 is 23.5 Å². The summed E-state index contributed by atoms with van der Waals surface area (Å²) in [6.45, 7) is 2.65. The number of Topliss-reactive ketones (excluding diaryl/α,β-unsaturated/α-hetero) is 1. The minimum absolute atomic E-state index is 0.0452. The van der Waals surface area contributed by atoms with Crippen molar-refractivity contribution in [3.05, 3.63) is 77.5 Å². The summed E-state index contributed by atoms with van der Waals surface area (Å²) in [5.74, 6) is 0.726. The highest BCUT2D eigenvalue weighted by atomic mass is 32.2.